The van der Waals surface area contributed by atoms with Crippen molar-refractivity contribution in [1.29, 1.82) is 0 Å². The molecule has 0 saturated carbocycles. The minimum atomic E-state index is -0.615. The maximum absolute atomic E-state index is 13.2. The summed E-state index contributed by atoms with van der Waals surface area (Å²) in [6.07, 6.45) is 0.543. The van der Waals surface area contributed by atoms with E-state index in [1.54, 1.807) is 66.4 Å². The molecule has 0 fully saturated rings. The van der Waals surface area contributed by atoms with Crippen LogP contribution in [0.25, 0.3) is 0 Å². The van der Waals surface area contributed by atoms with Crippen LogP contribution in [0.4, 0.5) is 16.4 Å². The first kappa shape index (κ1) is 31.0. The quantitative estimate of drug-likeness (QED) is 0.227. The van der Waals surface area contributed by atoms with Crippen molar-refractivity contribution in [3.8, 4) is 17.2 Å². The molecule has 4 rings (SSSR count). The zero-order valence-corrected chi connectivity index (χ0v) is 25.6. The van der Waals surface area contributed by atoms with E-state index in [0.717, 1.165) is 28.3 Å². The Morgan fingerprint density at radius 2 is 1.44 bits per heavy atom. The number of benzene rings is 3. The first-order chi connectivity index (χ1) is 20.5. The summed E-state index contributed by atoms with van der Waals surface area (Å²) in [5.41, 5.74) is 4.14. The monoisotopic (exact) mass is 586 g/mol. The standard InChI is InChI=1S/C33H38N4O6/c1-33(2,3)43-32(39)34-24-13-11-23(12-14-24)30(38)36-31-35-26(18-21-8-15-25(40-5)16-9-21)27(37(31)4)19-22-10-17-28(41-6)29(20-22)42-7/h8-17,20H,18-19H2,1-7H3,(H,34,39)(H,35,36,38). The Morgan fingerprint density at radius 1 is 0.791 bits per heavy atom. The molecule has 0 aliphatic carbocycles. The van der Waals surface area contributed by atoms with E-state index < -0.39 is 11.7 Å². The van der Waals surface area contributed by atoms with E-state index in [1.807, 2.05) is 54.1 Å². The van der Waals surface area contributed by atoms with Crippen molar-refractivity contribution in [3.63, 3.8) is 0 Å². The molecular weight excluding hydrogens is 548 g/mol. The normalized spacial score (nSPS) is 11.0. The first-order valence-electron chi connectivity index (χ1n) is 13.8. The van der Waals surface area contributed by atoms with Crippen LogP contribution >= 0.6 is 0 Å². The molecule has 43 heavy (non-hydrogen) atoms. The summed E-state index contributed by atoms with van der Waals surface area (Å²) in [5, 5.41) is 5.61. The zero-order chi connectivity index (χ0) is 31.1. The molecule has 226 valence electrons. The highest BCUT2D eigenvalue weighted by Gasteiger charge is 2.20. The molecule has 2 N–H and O–H groups in total. The molecule has 10 nitrogen and oxygen atoms in total. The van der Waals surface area contributed by atoms with Gasteiger partial charge in [0, 0.05) is 36.8 Å². The number of anilines is 2. The van der Waals surface area contributed by atoms with Gasteiger partial charge in [0.05, 0.1) is 27.0 Å². The molecule has 1 aromatic heterocycles. The van der Waals surface area contributed by atoms with E-state index in [0.29, 0.717) is 41.5 Å². The van der Waals surface area contributed by atoms with Crippen LogP contribution in [0.2, 0.25) is 0 Å². The fourth-order valence-electron chi connectivity index (χ4n) is 4.48. The lowest BCUT2D eigenvalue weighted by Crippen LogP contribution is -2.27. The lowest BCUT2D eigenvalue weighted by molar-refractivity contribution is 0.0635. The van der Waals surface area contributed by atoms with E-state index in [9.17, 15) is 9.59 Å². The second kappa shape index (κ2) is 13.3. The topological polar surface area (TPSA) is 113 Å². The summed E-state index contributed by atoms with van der Waals surface area (Å²) in [5.74, 6) is 2.15. The minimum Gasteiger partial charge on any atom is -0.497 e. The Morgan fingerprint density at radius 3 is 2.05 bits per heavy atom. The van der Waals surface area contributed by atoms with E-state index >= 15 is 0 Å². The molecule has 4 aromatic rings. The van der Waals surface area contributed by atoms with Crippen LogP contribution in [-0.2, 0) is 24.6 Å². The number of methoxy groups -OCH3 is 3. The Kier molecular flexibility index (Phi) is 9.59. The largest absolute Gasteiger partial charge is 0.497 e. The average molecular weight is 587 g/mol. The fraction of sp³-hybridized carbons (Fsp3) is 0.303. The molecule has 3 aromatic carbocycles. The van der Waals surface area contributed by atoms with E-state index in [-0.39, 0.29) is 5.91 Å². The SMILES string of the molecule is COc1ccc(Cc2nc(NC(=O)c3ccc(NC(=O)OC(C)(C)C)cc3)n(C)c2Cc2ccc(OC)c(OC)c2)cc1. The van der Waals surface area contributed by atoms with Gasteiger partial charge in [-0.15, -0.1) is 0 Å². The van der Waals surface area contributed by atoms with Gasteiger partial charge in [-0.25, -0.2) is 9.78 Å². The highest BCUT2D eigenvalue weighted by atomic mass is 16.6. The van der Waals surface area contributed by atoms with Crippen molar-refractivity contribution in [2.75, 3.05) is 32.0 Å². The van der Waals surface area contributed by atoms with Crippen LogP contribution in [0.3, 0.4) is 0 Å². The molecule has 0 unspecified atom stereocenters. The molecule has 0 aliphatic rings. The number of carbonyl (C=O) groups is 2. The van der Waals surface area contributed by atoms with Gasteiger partial charge in [0.25, 0.3) is 5.91 Å². The average Bonchev–Trinajstić information content (AvgIpc) is 3.25. The van der Waals surface area contributed by atoms with Crippen molar-refractivity contribution in [3.05, 3.63) is 94.8 Å². The summed E-state index contributed by atoms with van der Waals surface area (Å²) < 4.78 is 23.4. The molecule has 10 heteroatoms. The van der Waals surface area contributed by atoms with Crippen molar-refractivity contribution >= 4 is 23.6 Å². The summed E-state index contributed by atoms with van der Waals surface area (Å²) in [4.78, 5) is 30.2. The number of nitrogens with zero attached hydrogens (tertiary/aromatic N) is 2. The summed E-state index contributed by atoms with van der Waals surface area (Å²) in [6.45, 7) is 5.37. The lowest BCUT2D eigenvalue weighted by atomic mass is 10.0. The van der Waals surface area contributed by atoms with Crippen LogP contribution in [0.1, 0.15) is 53.6 Å². The third-order valence-electron chi connectivity index (χ3n) is 6.66. The first-order valence-corrected chi connectivity index (χ1v) is 13.8. The molecule has 0 bridgehead atoms. The van der Waals surface area contributed by atoms with Gasteiger partial charge in [0.1, 0.15) is 11.4 Å². The Hall–Kier alpha value is -4.99. The predicted octanol–water partition coefficient (Wildman–Crippen LogP) is 6.23. The highest BCUT2D eigenvalue weighted by molar-refractivity contribution is 6.03. The van der Waals surface area contributed by atoms with Crippen LogP contribution < -0.4 is 24.8 Å². The minimum absolute atomic E-state index is 0.328. The van der Waals surface area contributed by atoms with Crippen LogP contribution in [0.15, 0.2) is 66.7 Å². The molecule has 0 aliphatic heterocycles. The van der Waals surface area contributed by atoms with Crippen molar-refractivity contribution in [1.82, 2.24) is 9.55 Å². The number of aromatic nitrogens is 2. The Balaban J connectivity index is 1.58. The van der Waals surface area contributed by atoms with Crippen LogP contribution in [-0.4, -0.2) is 48.5 Å². The van der Waals surface area contributed by atoms with Crippen molar-refractivity contribution < 1.29 is 28.5 Å². The summed E-state index contributed by atoms with van der Waals surface area (Å²) in [6, 6.07) is 20.2. The molecular formula is C33H38N4O6. The zero-order valence-electron chi connectivity index (χ0n) is 25.6. The van der Waals surface area contributed by atoms with Crippen LogP contribution in [0.5, 0.6) is 17.2 Å². The van der Waals surface area contributed by atoms with Gasteiger partial charge in [0.15, 0.2) is 11.5 Å². The number of carbonyl (C=O) groups excluding carboxylic acids is 2. The number of rotatable bonds is 10. The third kappa shape index (κ3) is 8.06. The molecule has 0 atom stereocenters. The molecule has 0 radical (unpaired) electrons. The van der Waals surface area contributed by atoms with Gasteiger partial charge in [-0.05, 0) is 80.4 Å². The van der Waals surface area contributed by atoms with Crippen molar-refractivity contribution in [2.45, 2.75) is 39.2 Å². The smallest absolute Gasteiger partial charge is 0.412 e. The molecule has 0 saturated heterocycles. The number of amides is 2. The van der Waals surface area contributed by atoms with Gasteiger partial charge >= 0.3 is 6.09 Å². The lowest BCUT2D eigenvalue weighted by Gasteiger charge is -2.19. The fourth-order valence-corrected chi connectivity index (χ4v) is 4.48. The Labute approximate surface area is 251 Å². The molecule has 2 amide bonds. The summed E-state index contributed by atoms with van der Waals surface area (Å²) >= 11 is 0. The van der Waals surface area contributed by atoms with Gasteiger partial charge in [-0.1, -0.05) is 18.2 Å². The van der Waals surface area contributed by atoms with Gasteiger partial charge in [-0.2, -0.15) is 0 Å². The Bertz CT molecular complexity index is 1570. The maximum atomic E-state index is 13.2. The molecule has 1 heterocycles. The maximum Gasteiger partial charge on any atom is 0.412 e. The van der Waals surface area contributed by atoms with Gasteiger partial charge < -0.3 is 23.5 Å². The highest BCUT2D eigenvalue weighted by Crippen LogP contribution is 2.30. The summed E-state index contributed by atoms with van der Waals surface area (Å²) in [7, 11) is 6.72. The number of hydrogen-bond acceptors (Lipinski definition) is 7. The number of imidazole rings is 1. The second-order valence-corrected chi connectivity index (χ2v) is 10.9. The van der Waals surface area contributed by atoms with E-state index in [4.69, 9.17) is 23.9 Å². The van der Waals surface area contributed by atoms with Crippen molar-refractivity contribution in [2.24, 2.45) is 7.05 Å². The number of hydrogen-bond donors (Lipinski definition) is 2. The van der Waals surface area contributed by atoms with Crippen LogP contribution in [0, 0.1) is 0 Å². The van der Waals surface area contributed by atoms with Gasteiger partial charge in [-0.3, -0.25) is 15.4 Å². The van der Waals surface area contributed by atoms with Gasteiger partial charge in [0.2, 0.25) is 5.95 Å². The third-order valence-corrected chi connectivity index (χ3v) is 6.66. The number of ether oxygens (including phenoxy) is 4. The van der Waals surface area contributed by atoms with E-state index in [2.05, 4.69) is 10.6 Å². The molecule has 0 spiro atoms. The number of nitrogens with one attached hydrogen (secondary N) is 2. The second-order valence-electron chi connectivity index (χ2n) is 10.9. The van der Waals surface area contributed by atoms with E-state index in [1.165, 1.54) is 0 Å². The predicted molar refractivity (Wildman–Crippen MR) is 166 cm³/mol.